The first-order chi connectivity index (χ1) is 9.79. The molecule has 1 atom stereocenters. The molecule has 0 heterocycles. The first-order valence-electron chi connectivity index (χ1n) is 7.17. The molecule has 0 bridgehead atoms. The SMILES string of the molecule is CCc1cc(N)c(CC)c(S(=O)(=O)N(C)C(C)CSC)c1. The van der Waals surface area contributed by atoms with Gasteiger partial charge in [0.2, 0.25) is 10.0 Å². The summed E-state index contributed by atoms with van der Waals surface area (Å²) in [5, 5.41) is 0. The van der Waals surface area contributed by atoms with Crippen LogP contribution in [-0.4, -0.2) is 37.8 Å². The average Bonchev–Trinajstić information content (AvgIpc) is 2.45. The summed E-state index contributed by atoms with van der Waals surface area (Å²) in [4.78, 5) is 0.359. The maximum Gasteiger partial charge on any atom is 0.243 e. The van der Waals surface area contributed by atoms with E-state index >= 15 is 0 Å². The van der Waals surface area contributed by atoms with E-state index in [1.807, 2.05) is 33.1 Å². The van der Waals surface area contributed by atoms with Crippen LogP contribution in [0.15, 0.2) is 17.0 Å². The first kappa shape index (κ1) is 18.3. The molecule has 6 heteroatoms. The van der Waals surface area contributed by atoms with Crippen molar-refractivity contribution in [3.8, 4) is 0 Å². The lowest BCUT2D eigenvalue weighted by molar-refractivity contribution is 0.414. The van der Waals surface area contributed by atoms with Crippen molar-refractivity contribution in [3.05, 3.63) is 23.3 Å². The van der Waals surface area contributed by atoms with Crippen molar-refractivity contribution in [2.24, 2.45) is 0 Å². The summed E-state index contributed by atoms with van der Waals surface area (Å²) in [6.45, 7) is 5.85. The van der Waals surface area contributed by atoms with Gasteiger partial charge in [0.25, 0.3) is 0 Å². The number of thioether (sulfide) groups is 1. The highest BCUT2D eigenvalue weighted by Gasteiger charge is 2.28. The van der Waals surface area contributed by atoms with E-state index < -0.39 is 10.0 Å². The first-order valence-corrected chi connectivity index (χ1v) is 10.0. The van der Waals surface area contributed by atoms with Crippen LogP contribution in [0, 0.1) is 0 Å². The zero-order chi connectivity index (χ0) is 16.2. The van der Waals surface area contributed by atoms with Gasteiger partial charge in [-0.1, -0.05) is 13.8 Å². The van der Waals surface area contributed by atoms with Gasteiger partial charge in [0.05, 0.1) is 4.90 Å². The van der Waals surface area contributed by atoms with Crippen molar-refractivity contribution in [3.63, 3.8) is 0 Å². The van der Waals surface area contributed by atoms with Gasteiger partial charge in [-0.05, 0) is 49.3 Å². The zero-order valence-electron chi connectivity index (χ0n) is 13.5. The van der Waals surface area contributed by atoms with Crippen LogP contribution in [0.3, 0.4) is 0 Å². The summed E-state index contributed by atoms with van der Waals surface area (Å²) >= 11 is 1.64. The van der Waals surface area contributed by atoms with Gasteiger partial charge in [-0.15, -0.1) is 0 Å². The molecule has 0 spiro atoms. The second-order valence-corrected chi connectivity index (χ2v) is 8.07. The van der Waals surface area contributed by atoms with Gasteiger partial charge >= 0.3 is 0 Å². The Morgan fingerprint density at radius 1 is 1.29 bits per heavy atom. The van der Waals surface area contributed by atoms with Gasteiger partial charge in [0.1, 0.15) is 0 Å². The Hall–Kier alpha value is -0.720. The minimum atomic E-state index is -3.52. The monoisotopic (exact) mass is 330 g/mol. The van der Waals surface area contributed by atoms with Crippen LogP contribution in [0.1, 0.15) is 31.9 Å². The van der Waals surface area contributed by atoms with Crippen molar-refractivity contribution in [1.82, 2.24) is 4.31 Å². The number of aryl methyl sites for hydroxylation is 1. The van der Waals surface area contributed by atoms with Crippen LogP contribution in [0.4, 0.5) is 5.69 Å². The van der Waals surface area contributed by atoms with E-state index in [0.29, 0.717) is 17.0 Å². The molecular weight excluding hydrogens is 304 g/mol. The lowest BCUT2D eigenvalue weighted by atomic mass is 10.1. The summed E-state index contributed by atoms with van der Waals surface area (Å²) in [6, 6.07) is 3.59. The van der Waals surface area contributed by atoms with Crippen molar-refractivity contribution >= 4 is 27.5 Å². The topological polar surface area (TPSA) is 63.4 Å². The number of nitrogens with two attached hydrogens (primary N) is 1. The molecule has 2 N–H and O–H groups in total. The van der Waals surface area contributed by atoms with Gasteiger partial charge in [-0.2, -0.15) is 16.1 Å². The molecule has 1 aromatic rings. The minimum absolute atomic E-state index is 0.0544. The van der Waals surface area contributed by atoms with Crippen LogP contribution in [0.2, 0.25) is 0 Å². The number of sulfonamides is 1. The highest BCUT2D eigenvalue weighted by atomic mass is 32.2. The number of nitrogen functional groups attached to an aromatic ring is 1. The molecule has 0 fully saturated rings. The Morgan fingerprint density at radius 3 is 2.38 bits per heavy atom. The Kier molecular flexibility index (Phi) is 6.56. The van der Waals surface area contributed by atoms with E-state index in [0.717, 1.165) is 23.3 Å². The van der Waals surface area contributed by atoms with Crippen LogP contribution >= 0.6 is 11.8 Å². The summed E-state index contributed by atoms with van der Waals surface area (Å²) < 4.78 is 27.3. The highest BCUT2D eigenvalue weighted by molar-refractivity contribution is 7.98. The number of hydrogen-bond acceptors (Lipinski definition) is 4. The highest BCUT2D eigenvalue weighted by Crippen LogP contribution is 2.28. The third-order valence-electron chi connectivity index (χ3n) is 3.75. The second-order valence-electron chi connectivity index (χ2n) is 5.19. The number of benzene rings is 1. The smallest absolute Gasteiger partial charge is 0.243 e. The molecular formula is C15H26N2O2S2. The molecule has 0 aliphatic carbocycles. The largest absolute Gasteiger partial charge is 0.398 e. The van der Waals surface area contributed by atoms with E-state index in [2.05, 4.69) is 0 Å². The Labute approximate surface area is 133 Å². The Balaban J connectivity index is 3.39. The summed E-state index contributed by atoms with van der Waals surface area (Å²) in [7, 11) is -1.87. The Bertz CT molecular complexity index is 586. The molecule has 120 valence electrons. The number of nitrogens with zero attached hydrogens (tertiary/aromatic N) is 1. The van der Waals surface area contributed by atoms with E-state index in [4.69, 9.17) is 5.73 Å². The lowest BCUT2D eigenvalue weighted by Crippen LogP contribution is -2.37. The minimum Gasteiger partial charge on any atom is -0.398 e. The van der Waals surface area contributed by atoms with Crippen LogP contribution in [0.25, 0.3) is 0 Å². The van der Waals surface area contributed by atoms with E-state index in [-0.39, 0.29) is 6.04 Å². The molecule has 1 rings (SSSR count). The van der Waals surface area contributed by atoms with E-state index in [9.17, 15) is 8.42 Å². The lowest BCUT2D eigenvalue weighted by Gasteiger charge is -2.25. The van der Waals surface area contributed by atoms with Crippen molar-refractivity contribution in [1.29, 1.82) is 0 Å². The molecule has 0 saturated carbocycles. The summed E-state index contributed by atoms with van der Waals surface area (Å²) in [5.74, 6) is 0.764. The third kappa shape index (κ3) is 3.93. The summed E-state index contributed by atoms with van der Waals surface area (Å²) in [5.41, 5.74) is 8.29. The van der Waals surface area contributed by atoms with Crippen LogP contribution in [0.5, 0.6) is 0 Å². The molecule has 0 saturated heterocycles. The number of hydrogen-bond donors (Lipinski definition) is 1. The van der Waals surface area contributed by atoms with E-state index in [1.165, 1.54) is 4.31 Å². The molecule has 0 aromatic heterocycles. The fourth-order valence-electron chi connectivity index (χ4n) is 2.28. The number of anilines is 1. The van der Waals surface area contributed by atoms with Gasteiger partial charge in [0, 0.05) is 24.5 Å². The van der Waals surface area contributed by atoms with Gasteiger partial charge in [-0.25, -0.2) is 8.42 Å². The molecule has 0 radical (unpaired) electrons. The van der Waals surface area contributed by atoms with Crippen LogP contribution < -0.4 is 5.73 Å². The fraction of sp³-hybridized carbons (Fsp3) is 0.600. The zero-order valence-corrected chi connectivity index (χ0v) is 15.1. The molecule has 0 aliphatic heterocycles. The van der Waals surface area contributed by atoms with Crippen molar-refractivity contribution in [2.75, 3.05) is 24.8 Å². The second kappa shape index (κ2) is 7.51. The fourth-order valence-corrected chi connectivity index (χ4v) is 4.81. The van der Waals surface area contributed by atoms with Gasteiger partial charge in [0.15, 0.2) is 0 Å². The molecule has 1 unspecified atom stereocenters. The maximum atomic E-state index is 12.9. The predicted molar refractivity (Wildman–Crippen MR) is 92.4 cm³/mol. The standard InChI is InChI=1S/C15H26N2O2S2/c1-6-12-8-14(16)13(7-2)15(9-12)21(18,19)17(4)11(3)10-20-5/h8-9,11H,6-7,10,16H2,1-5H3. The molecule has 0 amide bonds. The normalized spacial score (nSPS) is 13.6. The van der Waals surface area contributed by atoms with Crippen LogP contribution in [-0.2, 0) is 22.9 Å². The molecule has 21 heavy (non-hydrogen) atoms. The molecule has 0 aliphatic rings. The average molecular weight is 331 g/mol. The quantitative estimate of drug-likeness (QED) is 0.781. The predicted octanol–water partition coefficient (Wildman–Crippen LogP) is 2.77. The third-order valence-corrected chi connectivity index (χ3v) is 6.60. The van der Waals surface area contributed by atoms with E-state index in [1.54, 1.807) is 24.9 Å². The Morgan fingerprint density at radius 2 is 1.90 bits per heavy atom. The molecule has 4 nitrogen and oxygen atoms in total. The maximum absolute atomic E-state index is 12.9. The van der Waals surface area contributed by atoms with Crippen molar-refractivity contribution < 1.29 is 8.42 Å². The van der Waals surface area contributed by atoms with Gasteiger partial charge in [-0.3, -0.25) is 0 Å². The van der Waals surface area contributed by atoms with Crippen molar-refractivity contribution in [2.45, 2.75) is 44.6 Å². The summed E-state index contributed by atoms with van der Waals surface area (Å²) in [6.07, 6.45) is 3.35. The van der Waals surface area contributed by atoms with Gasteiger partial charge < -0.3 is 5.73 Å². The molecule has 1 aromatic carbocycles. The number of rotatable bonds is 7.